The number of ether oxygens (including phenoxy) is 4. The first kappa shape index (κ1) is 37.4. The Morgan fingerprint density at radius 2 is 1.24 bits per heavy atom. The Morgan fingerprint density at radius 1 is 0.738 bits per heavy atom. The molecule has 0 aliphatic rings. The summed E-state index contributed by atoms with van der Waals surface area (Å²) in [6, 6.07) is 9.69. The van der Waals surface area contributed by atoms with Crippen LogP contribution < -0.4 is 10.1 Å². The van der Waals surface area contributed by atoms with Crippen LogP contribution in [0.25, 0.3) is 0 Å². The number of benzene rings is 1. The lowest BCUT2D eigenvalue weighted by Gasteiger charge is -2.28. The Hall–Kier alpha value is -2.65. The van der Waals surface area contributed by atoms with Crippen molar-refractivity contribution >= 4 is 17.9 Å². The van der Waals surface area contributed by atoms with Gasteiger partial charge in [0, 0.05) is 6.42 Å². The molecule has 0 saturated heterocycles. The van der Waals surface area contributed by atoms with Gasteiger partial charge >= 0.3 is 17.9 Å². The van der Waals surface area contributed by atoms with E-state index in [1.165, 1.54) is 0 Å². The lowest BCUT2D eigenvalue weighted by molar-refractivity contribution is -0.161. The molecule has 2 atom stereocenters. The molecule has 0 bridgehead atoms. The number of hydrogen-bond donors (Lipinski definition) is 1. The second kappa shape index (κ2) is 17.5. The zero-order chi connectivity index (χ0) is 32.0. The lowest BCUT2D eigenvalue weighted by atomic mass is 9.96. The van der Waals surface area contributed by atoms with E-state index in [0.29, 0.717) is 25.9 Å². The van der Waals surface area contributed by atoms with Crippen molar-refractivity contribution in [1.29, 1.82) is 0 Å². The van der Waals surface area contributed by atoms with Crippen molar-refractivity contribution in [3.05, 3.63) is 30.3 Å². The maximum atomic E-state index is 12.8. The minimum Gasteiger partial charge on any atom is -0.475 e. The van der Waals surface area contributed by atoms with E-state index in [4.69, 9.17) is 18.9 Å². The van der Waals surface area contributed by atoms with Crippen molar-refractivity contribution < 1.29 is 33.3 Å². The van der Waals surface area contributed by atoms with Crippen LogP contribution in [-0.2, 0) is 28.6 Å². The summed E-state index contributed by atoms with van der Waals surface area (Å²) in [5, 5.41) is 3.49. The van der Waals surface area contributed by atoms with Gasteiger partial charge in [0.2, 0.25) is 0 Å². The van der Waals surface area contributed by atoms with Gasteiger partial charge in [-0.25, -0.2) is 0 Å². The molecular weight excluding hydrogens is 536 g/mol. The molecule has 9 nitrogen and oxygen atoms in total. The normalized spacial score (nSPS) is 13.8. The van der Waals surface area contributed by atoms with E-state index < -0.39 is 28.7 Å². The van der Waals surface area contributed by atoms with E-state index in [1.54, 1.807) is 46.4 Å². The van der Waals surface area contributed by atoms with Gasteiger partial charge in [-0.3, -0.25) is 24.6 Å². The summed E-state index contributed by atoms with van der Waals surface area (Å²) in [4.78, 5) is 39.8. The quantitative estimate of drug-likeness (QED) is 0.135. The van der Waals surface area contributed by atoms with Crippen LogP contribution in [-0.4, -0.2) is 72.0 Å². The fourth-order valence-corrected chi connectivity index (χ4v) is 4.24. The van der Waals surface area contributed by atoms with Crippen molar-refractivity contribution in [1.82, 2.24) is 10.2 Å². The van der Waals surface area contributed by atoms with Gasteiger partial charge in [-0.15, -0.1) is 0 Å². The largest absolute Gasteiger partial charge is 0.475 e. The smallest absolute Gasteiger partial charge is 0.320 e. The third-order valence-electron chi connectivity index (χ3n) is 5.77. The van der Waals surface area contributed by atoms with Crippen molar-refractivity contribution in [2.24, 2.45) is 5.92 Å². The van der Waals surface area contributed by atoms with Gasteiger partial charge < -0.3 is 18.9 Å². The van der Waals surface area contributed by atoms with Gasteiger partial charge in [-0.05, 0) is 113 Å². The maximum absolute atomic E-state index is 12.8. The van der Waals surface area contributed by atoms with Gasteiger partial charge in [0.15, 0.2) is 0 Å². The average Bonchev–Trinajstić information content (AvgIpc) is 2.79. The highest BCUT2D eigenvalue weighted by Gasteiger charge is 2.26. The molecule has 1 aromatic carbocycles. The van der Waals surface area contributed by atoms with Gasteiger partial charge in [0.05, 0.1) is 13.1 Å². The number of esters is 3. The number of hydrogen-bond acceptors (Lipinski definition) is 9. The molecule has 0 amide bonds. The van der Waals surface area contributed by atoms with E-state index in [1.807, 2.05) is 51.1 Å². The predicted octanol–water partition coefficient (Wildman–Crippen LogP) is 5.89. The summed E-state index contributed by atoms with van der Waals surface area (Å²) < 4.78 is 22.8. The van der Waals surface area contributed by atoms with E-state index >= 15 is 0 Å². The first-order valence-corrected chi connectivity index (χ1v) is 15.2. The highest BCUT2D eigenvalue weighted by Crippen LogP contribution is 2.20. The monoisotopic (exact) mass is 592 g/mol. The van der Waals surface area contributed by atoms with Crippen LogP contribution in [0.15, 0.2) is 30.3 Å². The summed E-state index contributed by atoms with van der Waals surface area (Å²) in [6.45, 7) is 19.4. The molecule has 1 N–H and O–H groups in total. The molecule has 9 heteroatoms. The second-order valence-corrected chi connectivity index (χ2v) is 13.8. The fourth-order valence-electron chi connectivity index (χ4n) is 4.24. The fraction of sp³-hybridized carbons (Fsp3) is 0.727. The zero-order valence-corrected chi connectivity index (χ0v) is 27.7. The van der Waals surface area contributed by atoms with Crippen LogP contribution in [0, 0.1) is 5.92 Å². The summed E-state index contributed by atoms with van der Waals surface area (Å²) in [5.74, 6) is -0.363. The zero-order valence-electron chi connectivity index (χ0n) is 27.7. The molecule has 240 valence electrons. The first-order chi connectivity index (χ1) is 19.3. The molecule has 2 unspecified atom stereocenters. The predicted molar refractivity (Wildman–Crippen MR) is 165 cm³/mol. The summed E-state index contributed by atoms with van der Waals surface area (Å²) in [5.41, 5.74) is -1.87. The molecule has 0 spiro atoms. The molecule has 42 heavy (non-hydrogen) atoms. The number of nitrogens with zero attached hydrogens (tertiary/aromatic N) is 1. The Kier molecular flexibility index (Phi) is 15.5. The van der Waals surface area contributed by atoms with Gasteiger partial charge in [0.1, 0.15) is 28.8 Å². The van der Waals surface area contributed by atoms with Crippen LogP contribution in [0.2, 0.25) is 0 Å². The van der Waals surface area contributed by atoms with Gasteiger partial charge in [-0.2, -0.15) is 0 Å². The van der Waals surface area contributed by atoms with Crippen molar-refractivity contribution in [2.45, 2.75) is 124 Å². The summed E-state index contributed by atoms with van der Waals surface area (Å²) >= 11 is 0. The molecular formula is C33H56N2O7. The number of para-hydroxylation sites is 1. The Balaban J connectivity index is 2.96. The molecule has 0 radical (unpaired) electrons. The molecule has 0 aromatic heterocycles. The topological polar surface area (TPSA) is 103 Å². The van der Waals surface area contributed by atoms with Crippen molar-refractivity contribution in [2.75, 3.05) is 26.2 Å². The maximum Gasteiger partial charge on any atom is 0.320 e. The minimum absolute atomic E-state index is 0.0499. The number of rotatable bonds is 17. The molecule has 0 aliphatic carbocycles. The van der Waals surface area contributed by atoms with Crippen LogP contribution in [0.3, 0.4) is 0 Å². The molecule has 1 aromatic rings. The first-order valence-electron chi connectivity index (χ1n) is 15.2. The standard InChI is InChI=1S/C33H56N2O7/c1-11-15-27(39-26-16-13-12-14-17-26)34-20-18-25(22-28(36)40-31(2,3)4)19-21-35(23-29(37)41-32(5,6)7)24-30(38)42-33(8,9)10/h12-14,16-17,25,27,34H,11,15,18-24H2,1-10H3. The van der Waals surface area contributed by atoms with Crippen LogP contribution in [0.1, 0.15) is 101 Å². The summed E-state index contributed by atoms with van der Waals surface area (Å²) in [6.07, 6.45) is 3.12. The molecule has 0 heterocycles. The van der Waals surface area contributed by atoms with Crippen molar-refractivity contribution in [3.63, 3.8) is 0 Å². The molecule has 1 rings (SSSR count). The van der Waals surface area contributed by atoms with E-state index in [9.17, 15) is 14.4 Å². The highest BCUT2D eigenvalue weighted by molar-refractivity contribution is 5.75. The number of nitrogens with one attached hydrogen (secondary N) is 1. The van der Waals surface area contributed by atoms with Crippen LogP contribution >= 0.6 is 0 Å². The van der Waals surface area contributed by atoms with Gasteiger partial charge in [-0.1, -0.05) is 31.5 Å². The van der Waals surface area contributed by atoms with Crippen molar-refractivity contribution in [3.8, 4) is 5.75 Å². The Labute approximate surface area is 254 Å². The number of carbonyl (C=O) groups excluding carboxylic acids is 3. The van der Waals surface area contributed by atoms with E-state index in [2.05, 4.69) is 12.2 Å². The number of carbonyl (C=O) groups is 3. The van der Waals surface area contributed by atoms with Gasteiger partial charge in [0.25, 0.3) is 0 Å². The van der Waals surface area contributed by atoms with Crippen LogP contribution in [0.5, 0.6) is 5.75 Å². The van der Waals surface area contributed by atoms with E-state index in [0.717, 1.165) is 18.6 Å². The Bertz CT molecular complexity index is 916. The lowest BCUT2D eigenvalue weighted by Crippen LogP contribution is -2.41. The molecule has 0 saturated carbocycles. The van der Waals surface area contributed by atoms with Crippen LogP contribution in [0.4, 0.5) is 0 Å². The van der Waals surface area contributed by atoms with E-state index in [-0.39, 0.29) is 37.6 Å². The second-order valence-electron chi connectivity index (χ2n) is 13.8. The summed E-state index contributed by atoms with van der Waals surface area (Å²) in [7, 11) is 0. The Morgan fingerprint density at radius 3 is 1.71 bits per heavy atom. The third-order valence-corrected chi connectivity index (χ3v) is 5.77. The highest BCUT2D eigenvalue weighted by atomic mass is 16.6. The minimum atomic E-state index is -0.642. The SMILES string of the molecule is CCCC(NCCC(CCN(CC(=O)OC(C)(C)C)CC(=O)OC(C)(C)C)CC(=O)OC(C)(C)C)Oc1ccccc1. The third kappa shape index (κ3) is 19.5. The molecule has 0 fully saturated rings. The average molecular weight is 593 g/mol. The molecule has 0 aliphatic heterocycles.